The molecular weight excluding hydrogens is 707 g/mol. The third-order valence-corrected chi connectivity index (χ3v) is 9.04. The van der Waals surface area contributed by atoms with Gasteiger partial charge in [0.1, 0.15) is 5.82 Å². The molecule has 0 spiro atoms. The van der Waals surface area contributed by atoms with Gasteiger partial charge < -0.3 is 9.30 Å². The van der Waals surface area contributed by atoms with Gasteiger partial charge in [0.2, 0.25) is 0 Å². The van der Waals surface area contributed by atoms with Crippen LogP contribution in [0.15, 0.2) is 97.2 Å². The van der Waals surface area contributed by atoms with Gasteiger partial charge in [-0.3, -0.25) is 4.68 Å². The van der Waals surface area contributed by atoms with Crippen LogP contribution in [0.4, 0.5) is 0 Å². The Hall–Kier alpha value is -4.50. The molecule has 0 bridgehead atoms. The zero-order valence-electron chi connectivity index (χ0n) is 30.2. The molecule has 0 aliphatic carbocycles. The molecule has 0 radical (unpaired) electrons. The van der Waals surface area contributed by atoms with Crippen LogP contribution in [0.3, 0.4) is 0 Å². The monoisotopic (exact) mass is 750 g/mol. The minimum atomic E-state index is -0.173. The first-order valence-electron chi connectivity index (χ1n) is 17.2. The minimum absolute atomic E-state index is 0. The summed E-state index contributed by atoms with van der Waals surface area (Å²) < 4.78 is 10.9. The van der Waals surface area contributed by atoms with Crippen LogP contribution >= 0.6 is 0 Å². The van der Waals surface area contributed by atoms with Crippen LogP contribution in [-0.2, 0) is 37.7 Å². The molecule has 50 heavy (non-hydrogen) atoms. The van der Waals surface area contributed by atoms with E-state index in [0.717, 1.165) is 63.1 Å². The molecule has 0 saturated carbocycles. The fourth-order valence-electron chi connectivity index (χ4n) is 6.78. The molecule has 0 unspecified atom stereocenters. The average molecular weight is 751 g/mol. The van der Waals surface area contributed by atoms with E-state index in [9.17, 15) is 0 Å². The number of pyridine rings is 1. The summed E-state index contributed by atoms with van der Waals surface area (Å²) in [5.41, 5.74) is 9.64. The van der Waals surface area contributed by atoms with E-state index >= 15 is 0 Å². The summed E-state index contributed by atoms with van der Waals surface area (Å²) in [6.45, 7) is 17.7. The topological polar surface area (TPSA) is 44.9 Å². The van der Waals surface area contributed by atoms with Gasteiger partial charge in [0, 0.05) is 34.2 Å². The van der Waals surface area contributed by atoms with Crippen molar-refractivity contribution in [3.63, 3.8) is 0 Å². The molecule has 4 aromatic carbocycles. The first-order valence-corrected chi connectivity index (χ1v) is 17.2. The largest absolute Gasteiger partial charge is 2.00 e. The van der Waals surface area contributed by atoms with Gasteiger partial charge in [-0.15, -0.1) is 35.7 Å². The van der Waals surface area contributed by atoms with Crippen molar-refractivity contribution in [2.45, 2.75) is 79.1 Å². The fourth-order valence-corrected chi connectivity index (χ4v) is 6.78. The maximum absolute atomic E-state index is 6.60. The van der Waals surface area contributed by atoms with Gasteiger partial charge in [-0.1, -0.05) is 116 Å². The number of aryl methyl sites for hydroxylation is 2. The predicted molar refractivity (Wildman–Crippen MR) is 201 cm³/mol. The standard InChI is InChI=1S/C44H44N4O.Pd/c1-9-15-37-41(30-16-11-10-12-17-30)42(44(6,7)8)48(46-37)32-24-29(2)25-34(27-32)49-33-20-21-36-35-18-13-14-19-38(35)47(39(36)28-33)40-26-31(22-23-45-40)43(3,4)5;/h10-14,16-26H,9,15H2,1-8H3;/q-2;+2. The number of benzene rings is 4. The van der Waals surface area contributed by atoms with Crippen molar-refractivity contribution in [3.8, 4) is 34.1 Å². The number of aromatic nitrogens is 4. The molecule has 256 valence electrons. The average Bonchev–Trinajstić information content (AvgIpc) is 3.61. The van der Waals surface area contributed by atoms with E-state index < -0.39 is 0 Å². The number of ether oxygens (including phenoxy) is 1. The van der Waals surface area contributed by atoms with Crippen molar-refractivity contribution < 1.29 is 25.2 Å². The molecular formula is C44H44N4OPd. The molecule has 7 rings (SSSR count). The smallest absolute Gasteiger partial charge is 0.509 e. The summed E-state index contributed by atoms with van der Waals surface area (Å²) in [5.74, 6) is 2.10. The summed E-state index contributed by atoms with van der Waals surface area (Å²) in [4.78, 5) is 4.82. The van der Waals surface area contributed by atoms with Gasteiger partial charge in [-0.05, 0) is 52.2 Å². The van der Waals surface area contributed by atoms with Crippen molar-refractivity contribution in [1.82, 2.24) is 19.3 Å². The number of para-hydroxylation sites is 1. The summed E-state index contributed by atoms with van der Waals surface area (Å²) in [6.07, 6.45) is 3.81. The number of fused-ring (bicyclic) bond motifs is 3. The molecule has 3 aromatic heterocycles. The van der Waals surface area contributed by atoms with Gasteiger partial charge in [-0.2, -0.15) is 16.7 Å². The second-order valence-electron chi connectivity index (χ2n) is 15.0. The Morgan fingerprint density at radius 2 is 1.50 bits per heavy atom. The summed E-state index contributed by atoms with van der Waals surface area (Å²) >= 11 is 0. The Morgan fingerprint density at radius 1 is 0.760 bits per heavy atom. The van der Waals surface area contributed by atoms with Crippen LogP contribution in [0.1, 0.15) is 77.4 Å². The minimum Gasteiger partial charge on any atom is -0.509 e. The molecule has 3 heterocycles. The Kier molecular flexibility index (Phi) is 9.66. The van der Waals surface area contributed by atoms with Crippen LogP contribution < -0.4 is 4.74 Å². The second-order valence-corrected chi connectivity index (χ2v) is 15.0. The summed E-state index contributed by atoms with van der Waals surface area (Å²) in [6, 6.07) is 38.8. The van der Waals surface area contributed by atoms with Crippen molar-refractivity contribution in [2.75, 3.05) is 0 Å². The van der Waals surface area contributed by atoms with E-state index in [2.05, 4.69) is 156 Å². The molecule has 0 saturated heterocycles. The molecule has 0 atom stereocenters. The third kappa shape index (κ3) is 6.68. The van der Waals surface area contributed by atoms with Gasteiger partial charge in [-0.25, -0.2) is 4.98 Å². The molecule has 0 amide bonds. The fraction of sp³-hybridized carbons (Fsp3) is 0.273. The Bertz CT molecular complexity index is 2300. The second kappa shape index (κ2) is 13.7. The maximum Gasteiger partial charge on any atom is 2.00 e. The maximum atomic E-state index is 6.60. The molecule has 0 N–H and O–H groups in total. The zero-order chi connectivity index (χ0) is 34.5. The summed E-state index contributed by atoms with van der Waals surface area (Å²) in [7, 11) is 0. The van der Waals surface area contributed by atoms with Crippen LogP contribution in [-0.4, -0.2) is 19.3 Å². The van der Waals surface area contributed by atoms with Crippen molar-refractivity contribution in [2.24, 2.45) is 0 Å². The molecule has 5 nitrogen and oxygen atoms in total. The number of rotatable bonds is 7. The first kappa shape index (κ1) is 35.3. The molecule has 0 aliphatic heterocycles. The Balaban J connectivity index is 0.00000432. The van der Waals surface area contributed by atoms with Gasteiger partial charge >= 0.3 is 20.4 Å². The van der Waals surface area contributed by atoms with E-state index in [1.807, 2.05) is 18.3 Å². The van der Waals surface area contributed by atoms with Crippen molar-refractivity contribution in [3.05, 3.63) is 132 Å². The third-order valence-electron chi connectivity index (χ3n) is 9.04. The molecule has 7 aromatic rings. The summed E-state index contributed by atoms with van der Waals surface area (Å²) in [5, 5.41) is 7.50. The normalized spacial score (nSPS) is 12.0. The van der Waals surface area contributed by atoms with E-state index in [-0.39, 0.29) is 31.3 Å². The predicted octanol–water partition coefficient (Wildman–Crippen LogP) is 11.3. The first-order chi connectivity index (χ1) is 23.4. The molecule has 0 fully saturated rings. The van der Waals surface area contributed by atoms with Gasteiger partial charge in [0.25, 0.3) is 0 Å². The van der Waals surface area contributed by atoms with Crippen molar-refractivity contribution >= 4 is 21.8 Å². The van der Waals surface area contributed by atoms with Crippen LogP contribution in [0.25, 0.3) is 44.4 Å². The van der Waals surface area contributed by atoms with E-state index in [0.29, 0.717) is 11.5 Å². The number of hydrogen-bond donors (Lipinski definition) is 0. The van der Waals surface area contributed by atoms with Crippen LogP contribution in [0.5, 0.6) is 11.5 Å². The van der Waals surface area contributed by atoms with E-state index in [1.165, 1.54) is 16.7 Å². The Labute approximate surface area is 310 Å². The number of hydrogen-bond acceptors (Lipinski definition) is 3. The van der Waals surface area contributed by atoms with Gasteiger partial charge in [0.15, 0.2) is 0 Å². The molecule has 0 aliphatic rings. The van der Waals surface area contributed by atoms with E-state index in [1.54, 1.807) is 0 Å². The van der Waals surface area contributed by atoms with Crippen LogP contribution in [0, 0.1) is 19.1 Å². The molecule has 6 heteroatoms. The quantitative estimate of drug-likeness (QED) is 0.120. The number of nitrogens with zero attached hydrogens (tertiary/aromatic N) is 4. The van der Waals surface area contributed by atoms with Crippen molar-refractivity contribution in [1.29, 1.82) is 0 Å². The van der Waals surface area contributed by atoms with E-state index in [4.69, 9.17) is 14.8 Å². The SMILES string of the molecule is CCCc1nn(-c2[c-]c(Oc3[c-]c4c(cc3)c3ccccc3n4-c3cc(C(C)(C)C)ccn3)cc(C)c2)c(C(C)(C)C)c1-c1ccccc1.[Pd+2]. The zero-order valence-corrected chi connectivity index (χ0v) is 31.7. The van der Waals surface area contributed by atoms with Crippen LogP contribution in [0.2, 0.25) is 0 Å². The Morgan fingerprint density at radius 3 is 2.22 bits per heavy atom. The van der Waals surface area contributed by atoms with Gasteiger partial charge in [0.05, 0.1) is 11.4 Å².